The number of hydrogen-bond acceptors (Lipinski definition) is 5. The van der Waals surface area contributed by atoms with Crippen LogP contribution >= 0.6 is 0 Å². The molecule has 0 aliphatic carbocycles. The molecule has 6 rings (SSSR count). The molecule has 8 heteroatoms. The van der Waals surface area contributed by atoms with E-state index >= 15 is 0 Å². The lowest BCUT2D eigenvalue weighted by molar-refractivity contribution is 0.0941. The zero-order chi connectivity index (χ0) is 26.9. The lowest BCUT2D eigenvalue weighted by atomic mass is 9.97. The second-order valence-electron chi connectivity index (χ2n) is 9.34. The fraction of sp³-hybridized carbons (Fsp3) is 0.129. The summed E-state index contributed by atoms with van der Waals surface area (Å²) < 4.78 is 3.35. The van der Waals surface area contributed by atoms with Gasteiger partial charge in [-0.05, 0) is 44.0 Å². The van der Waals surface area contributed by atoms with E-state index in [9.17, 15) is 4.79 Å². The molecular weight excluding hydrogens is 486 g/mol. The average molecular weight is 512 g/mol. The van der Waals surface area contributed by atoms with Crippen LogP contribution in [0.4, 0.5) is 0 Å². The maximum Gasteiger partial charge on any atom is 0.257 e. The molecule has 1 amide bonds. The molecule has 2 aromatic carbocycles. The number of pyridine rings is 1. The average Bonchev–Trinajstić information content (AvgIpc) is 3.52. The second-order valence-corrected chi connectivity index (χ2v) is 9.34. The molecule has 0 radical (unpaired) electrons. The largest absolute Gasteiger partial charge is 0.345 e. The zero-order valence-corrected chi connectivity index (χ0v) is 21.8. The summed E-state index contributed by atoms with van der Waals surface area (Å²) in [6, 6.07) is 21.3. The second kappa shape index (κ2) is 9.88. The SMILES string of the molecule is Cc1nn2cccnc2c1C(=O)N[C@@H](C)c1cc2cccc(C#Cc3ccn(C)n3)c2nc1-c1ccccc1. The molecule has 6 aromatic rings. The Balaban J connectivity index is 1.43. The minimum atomic E-state index is -0.342. The van der Waals surface area contributed by atoms with Crippen molar-refractivity contribution in [1.82, 2.24) is 34.7 Å². The molecule has 1 atom stereocenters. The van der Waals surface area contributed by atoms with Crippen molar-refractivity contribution in [3.8, 4) is 23.1 Å². The van der Waals surface area contributed by atoms with Gasteiger partial charge in [-0.2, -0.15) is 10.2 Å². The molecular formula is C31H25N7O. The lowest BCUT2D eigenvalue weighted by Crippen LogP contribution is -2.27. The van der Waals surface area contributed by atoms with Crippen molar-refractivity contribution in [3.05, 3.63) is 113 Å². The van der Waals surface area contributed by atoms with Gasteiger partial charge in [0.2, 0.25) is 0 Å². The smallest absolute Gasteiger partial charge is 0.257 e. The van der Waals surface area contributed by atoms with E-state index in [-0.39, 0.29) is 11.9 Å². The summed E-state index contributed by atoms with van der Waals surface area (Å²) in [6.45, 7) is 3.78. The summed E-state index contributed by atoms with van der Waals surface area (Å²) in [7, 11) is 1.87. The van der Waals surface area contributed by atoms with Crippen LogP contribution in [-0.2, 0) is 7.05 Å². The number of para-hydroxylation sites is 1. The number of aryl methyl sites for hydroxylation is 2. The van der Waals surface area contributed by atoms with Crippen LogP contribution in [0.3, 0.4) is 0 Å². The van der Waals surface area contributed by atoms with Gasteiger partial charge in [-0.3, -0.25) is 9.48 Å². The van der Waals surface area contributed by atoms with Gasteiger partial charge < -0.3 is 5.32 Å². The molecule has 39 heavy (non-hydrogen) atoms. The van der Waals surface area contributed by atoms with Crippen molar-refractivity contribution >= 4 is 22.5 Å². The number of nitrogens with one attached hydrogen (secondary N) is 1. The monoisotopic (exact) mass is 511 g/mol. The van der Waals surface area contributed by atoms with Crippen molar-refractivity contribution in [2.24, 2.45) is 7.05 Å². The van der Waals surface area contributed by atoms with E-state index in [2.05, 4.69) is 38.4 Å². The molecule has 0 saturated carbocycles. The summed E-state index contributed by atoms with van der Waals surface area (Å²) in [5, 5.41) is 12.9. The van der Waals surface area contributed by atoms with Gasteiger partial charge >= 0.3 is 0 Å². The molecule has 4 heterocycles. The first-order valence-corrected chi connectivity index (χ1v) is 12.6. The van der Waals surface area contributed by atoms with Gasteiger partial charge in [-0.15, -0.1) is 0 Å². The van der Waals surface area contributed by atoms with Crippen LogP contribution in [-0.4, -0.2) is 35.3 Å². The maximum absolute atomic E-state index is 13.5. The molecule has 0 fully saturated rings. The van der Waals surface area contributed by atoms with E-state index in [1.807, 2.05) is 81.7 Å². The third-order valence-electron chi connectivity index (χ3n) is 6.57. The minimum Gasteiger partial charge on any atom is -0.345 e. The number of amides is 1. The van der Waals surface area contributed by atoms with Crippen LogP contribution in [0.1, 0.15) is 45.8 Å². The fourth-order valence-corrected chi connectivity index (χ4v) is 4.70. The molecule has 0 saturated heterocycles. The van der Waals surface area contributed by atoms with Gasteiger partial charge in [0.25, 0.3) is 5.91 Å². The molecule has 0 aliphatic rings. The highest BCUT2D eigenvalue weighted by Crippen LogP contribution is 2.31. The van der Waals surface area contributed by atoms with E-state index in [0.717, 1.165) is 33.3 Å². The van der Waals surface area contributed by atoms with E-state index in [0.29, 0.717) is 22.6 Å². The van der Waals surface area contributed by atoms with Gasteiger partial charge in [-0.25, -0.2) is 14.5 Å². The number of carbonyl (C=O) groups is 1. The third kappa shape index (κ3) is 4.62. The number of benzene rings is 2. The summed E-state index contributed by atoms with van der Waals surface area (Å²) in [6.07, 6.45) is 5.31. The van der Waals surface area contributed by atoms with Gasteiger partial charge in [0.15, 0.2) is 5.65 Å². The standard InChI is InChI=1S/C31H25N7O/c1-20(33-31(39)27-21(2)35-38-17-8-16-32-30(27)38)26-19-24-12-7-11-23(13-14-25-15-18-37(3)36-25)28(24)34-29(26)22-9-5-4-6-10-22/h4-12,15-20H,1-3H3,(H,33,39)/t20-/m0/s1. The molecule has 0 unspecified atom stereocenters. The van der Waals surface area contributed by atoms with Gasteiger partial charge in [-0.1, -0.05) is 48.4 Å². The highest BCUT2D eigenvalue weighted by atomic mass is 16.1. The zero-order valence-electron chi connectivity index (χ0n) is 21.8. The van der Waals surface area contributed by atoms with E-state index < -0.39 is 0 Å². The predicted molar refractivity (Wildman–Crippen MR) is 150 cm³/mol. The Bertz CT molecular complexity index is 1910. The minimum absolute atomic E-state index is 0.234. The van der Waals surface area contributed by atoms with Crippen LogP contribution in [0.15, 0.2) is 85.3 Å². The van der Waals surface area contributed by atoms with Crippen LogP contribution < -0.4 is 5.32 Å². The van der Waals surface area contributed by atoms with Crippen LogP contribution in [0.2, 0.25) is 0 Å². The van der Waals surface area contributed by atoms with Crippen molar-refractivity contribution in [1.29, 1.82) is 0 Å². The number of rotatable bonds is 4. The first-order chi connectivity index (χ1) is 19.0. The quantitative estimate of drug-likeness (QED) is 0.341. The Morgan fingerprint density at radius 3 is 2.62 bits per heavy atom. The lowest BCUT2D eigenvalue weighted by Gasteiger charge is -2.19. The number of fused-ring (bicyclic) bond motifs is 2. The van der Waals surface area contributed by atoms with Crippen molar-refractivity contribution < 1.29 is 4.79 Å². The Labute approximate surface area is 225 Å². The first-order valence-electron chi connectivity index (χ1n) is 12.6. The van der Waals surface area contributed by atoms with E-state index in [4.69, 9.17) is 4.98 Å². The molecule has 4 aromatic heterocycles. The fourth-order valence-electron chi connectivity index (χ4n) is 4.70. The highest BCUT2D eigenvalue weighted by molar-refractivity contribution is 6.01. The van der Waals surface area contributed by atoms with Crippen LogP contribution in [0.5, 0.6) is 0 Å². The Morgan fingerprint density at radius 2 is 1.82 bits per heavy atom. The number of nitrogens with zero attached hydrogens (tertiary/aromatic N) is 6. The summed E-state index contributed by atoms with van der Waals surface area (Å²) in [4.78, 5) is 22.9. The van der Waals surface area contributed by atoms with Gasteiger partial charge in [0.05, 0.1) is 28.5 Å². The Morgan fingerprint density at radius 1 is 0.974 bits per heavy atom. The first kappa shape index (κ1) is 24.1. The summed E-state index contributed by atoms with van der Waals surface area (Å²) in [5.41, 5.74) is 6.56. The number of aromatic nitrogens is 6. The highest BCUT2D eigenvalue weighted by Gasteiger charge is 2.22. The van der Waals surface area contributed by atoms with E-state index in [1.54, 1.807) is 27.7 Å². The van der Waals surface area contributed by atoms with Gasteiger partial charge in [0.1, 0.15) is 11.3 Å². The van der Waals surface area contributed by atoms with Crippen molar-refractivity contribution in [2.75, 3.05) is 0 Å². The number of carbonyl (C=O) groups excluding carboxylic acids is 1. The Hall–Kier alpha value is -5.29. The molecule has 190 valence electrons. The maximum atomic E-state index is 13.5. The third-order valence-corrected chi connectivity index (χ3v) is 6.57. The molecule has 8 nitrogen and oxygen atoms in total. The summed E-state index contributed by atoms with van der Waals surface area (Å²) >= 11 is 0. The molecule has 0 spiro atoms. The molecule has 0 bridgehead atoms. The molecule has 1 N–H and O–H groups in total. The topological polar surface area (TPSA) is 90.0 Å². The number of hydrogen-bond donors (Lipinski definition) is 1. The van der Waals surface area contributed by atoms with Gasteiger partial charge in [0, 0.05) is 42.2 Å². The van der Waals surface area contributed by atoms with E-state index in [1.165, 1.54) is 0 Å². The van der Waals surface area contributed by atoms with Crippen molar-refractivity contribution in [2.45, 2.75) is 19.9 Å². The summed E-state index contributed by atoms with van der Waals surface area (Å²) in [5.74, 6) is 6.15. The predicted octanol–water partition coefficient (Wildman–Crippen LogP) is 4.88. The Kier molecular flexibility index (Phi) is 6.10. The normalized spacial score (nSPS) is 11.8. The molecule has 0 aliphatic heterocycles. The van der Waals surface area contributed by atoms with Crippen molar-refractivity contribution in [3.63, 3.8) is 0 Å². The van der Waals surface area contributed by atoms with Crippen LogP contribution in [0, 0.1) is 18.8 Å². The van der Waals surface area contributed by atoms with Crippen LogP contribution in [0.25, 0.3) is 27.8 Å².